The van der Waals surface area contributed by atoms with Gasteiger partial charge >= 0.3 is 0 Å². The molecule has 0 radical (unpaired) electrons. The molecule has 2 aromatic rings. The zero-order chi connectivity index (χ0) is 47.9. The second-order valence-electron chi connectivity index (χ2n) is 16.9. The lowest BCUT2D eigenvalue weighted by atomic mass is 9.85. The van der Waals surface area contributed by atoms with Crippen LogP contribution in [0.1, 0.15) is 58.4 Å². The van der Waals surface area contributed by atoms with Gasteiger partial charge in [-0.15, -0.1) is 0 Å². The Morgan fingerprint density at radius 3 is 2.25 bits per heavy atom. The van der Waals surface area contributed by atoms with Crippen LogP contribution in [0.2, 0.25) is 0 Å². The molecule has 1 saturated heterocycles. The van der Waals surface area contributed by atoms with E-state index in [4.69, 9.17) is 10.5 Å². The molecule has 4 heterocycles. The van der Waals surface area contributed by atoms with Gasteiger partial charge in [0.2, 0.25) is 41.4 Å². The maximum absolute atomic E-state index is 14.7. The predicted molar refractivity (Wildman–Crippen MR) is 230 cm³/mol. The third kappa shape index (κ3) is 12.1. The number of amides is 7. The molecule has 23 heteroatoms. The zero-order valence-electron chi connectivity index (χ0n) is 36.5. The van der Waals surface area contributed by atoms with Gasteiger partial charge in [0.15, 0.2) is 11.6 Å². The highest BCUT2D eigenvalue weighted by Crippen LogP contribution is 2.33. The molecule has 2 unspecified atom stereocenters. The predicted octanol–water partition coefficient (Wildman–Crippen LogP) is -3.44. The molecule has 0 aliphatic carbocycles. The van der Waals surface area contributed by atoms with Gasteiger partial charge < -0.3 is 62.3 Å². The molecule has 11 atom stereocenters. The number of methoxy groups -OCH3 is 1. The molecule has 1 fully saturated rings. The van der Waals surface area contributed by atoms with Crippen molar-refractivity contribution >= 4 is 74.6 Å². The number of aromatic amines is 1. The minimum absolute atomic E-state index is 0.0391. The molecular formula is C42H58N8O14S. The molecule has 3 aliphatic heterocycles. The van der Waals surface area contributed by atoms with Crippen LogP contribution in [-0.2, 0) is 60.4 Å². The summed E-state index contributed by atoms with van der Waals surface area (Å²) >= 11 is 0. The van der Waals surface area contributed by atoms with Gasteiger partial charge in [-0.05, 0) is 30.0 Å². The number of carbonyl (C=O) groups excluding carboxylic acids is 9. The van der Waals surface area contributed by atoms with Crippen molar-refractivity contribution in [3.8, 4) is 5.75 Å². The molecule has 5 rings (SSSR count). The van der Waals surface area contributed by atoms with E-state index in [0.29, 0.717) is 23.1 Å². The fourth-order valence-corrected chi connectivity index (χ4v) is 9.81. The zero-order valence-corrected chi connectivity index (χ0v) is 37.4. The van der Waals surface area contributed by atoms with Crippen molar-refractivity contribution in [1.29, 1.82) is 0 Å². The number of nitrogens with two attached hydrogens (primary N) is 1. The number of aromatic nitrogens is 1. The van der Waals surface area contributed by atoms with Crippen LogP contribution in [0.4, 0.5) is 0 Å². The quantitative estimate of drug-likeness (QED) is 0.123. The Hall–Kier alpha value is -5.78. The topological polar surface area (TPSA) is 346 Å². The average Bonchev–Trinajstić information content (AvgIpc) is 3.85. The number of nitrogens with one attached hydrogen (secondary N) is 6. The summed E-state index contributed by atoms with van der Waals surface area (Å²) in [5.41, 5.74) is 6.13. The van der Waals surface area contributed by atoms with Gasteiger partial charge in [-0.1, -0.05) is 27.2 Å². The highest BCUT2D eigenvalue weighted by atomic mass is 32.2. The SMILES string of the molecule is CC[C@H](C)[C@@H]1NC(=O)CNC(=O)[C@H]2CC(=O)[C@H]([C@@H](C)[C@@H](O)CO)NC(=O)C3C[C@@H](O)CN3C(=O)[C@H](CC(N)=O)CC(=O)[C@H](CS(=O)c3[nH]c4cc(OC)ccc4c3C2)NC(=O)CNC1=O. The van der Waals surface area contributed by atoms with Crippen LogP contribution in [0.25, 0.3) is 10.9 Å². The van der Waals surface area contributed by atoms with E-state index in [9.17, 15) is 62.7 Å². The lowest BCUT2D eigenvalue weighted by Crippen LogP contribution is -2.56. The summed E-state index contributed by atoms with van der Waals surface area (Å²) in [5.74, 6) is -13.0. The minimum Gasteiger partial charge on any atom is -0.497 e. The van der Waals surface area contributed by atoms with Crippen molar-refractivity contribution in [2.24, 2.45) is 29.4 Å². The number of Topliss-reactive ketones (excluding diaryl/α,β-unsaturated/α-hetero) is 2. The smallest absolute Gasteiger partial charge is 0.243 e. The van der Waals surface area contributed by atoms with Crippen LogP contribution >= 0.6 is 0 Å². The van der Waals surface area contributed by atoms with E-state index in [0.717, 1.165) is 4.90 Å². The summed E-state index contributed by atoms with van der Waals surface area (Å²) in [7, 11) is -0.859. The monoisotopic (exact) mass is 930 g/mol. The van der Waals surface area contributed by atoms with E-state index in [2.05, 4.69) is 31.6 Å². The number of hydrogen-bond acceptors (Lipinski definition) is 14. The average molecular weight is 931 g/mol. The maximum atomic E-state index is 14.7. The van der Waals surface area contributed by atoms with Crippen LogP contribution in [-0.4, -0.2) is 158 Å². The molecule has 11 N–H and O–H groups in total. The van der Waals surface area contributed by atoms with E-state index in [1.165, 1.54) is 14.0 Å². The number of aliphatic hydroxyl groups excluding tert-OH is 3. The Kier molecular flexibility index (Phi) is 16.9. The summed E-state index contributed by atoms with van der Waals surface area (Å²) in [6, 6.07) is -1.22. The molecule has 65 heavy (non-hydrogen) atoms. The van der Waals surface area contributed by atoms with Gasteiger partial charge in [0.25, 0.3) is 0 Å². The largest absolute Gasteiger partial charge is 0.497 e. The molecule has 0 spiro atoms. The van der Waals surface area contributed by atoms with E-state index >= 15 is 0 Å². The van der Waals surface area contributed by atoms with E-state index in [1.807, 2.05) is 0 Å². The van der Waals surface area contributed by atoms with Crippen molar-refractivity contribution in [3.05, 3.63) is 23.8 Å². The van der Waals surface area contributed by atoms with Gasteiger partial charge in [0, 0.05) is 55.5 Å². The summed E-state index contributed by atoms with van der Waals surface area (Å²) in [6.45, 7) is 2.10. The Morgan fingerprint density at radius 2 is 1.60 bits per heavy atom. The van der Waals surface area contributed by atoms with Crippen LogP contribution in [0.3, 0.4) is 0 Å². The lowest BCUT2D eigenvalue weighted by Gasteiger charge is -2.32. The molecule has 7 amide bonds. The second kappa shape index (κ2) is 21.9. The highest BCUT2D eigenvalue weighted by molar-refractivity contribution is 7.85. The number of hydrogen-bond donors (Lipinski definition) is 10. The van der Waals surface area contributed by atoms with E-state index < -0.39 is 175 Å². The van der Waals surface area contributed by atoms with Crippen LogP contribution < -0.4 is 37.1 Å². The Labute approximate surface area is 376 Å². The number of benzene rings is 1. The van der Waals surface area contributed by atoms with Crippen molar-refractivity contribution in [1.82, 2.24) is 36.5 Å². The molecular weight excluding hydrogens is 873 g/mol. The van der Waals surface area contributed by atoms with Crippen LogP contribution in [0.5, 0.6) is 5.75 Å². The van der Waals surface area contributed by atoms with E-state index in [1.54, 1.807) is 32.0 Å². The van der Waals surface area contributed by atoms with Gasteiger partial charge in [-0.3, -0.25) is 47.4 Å². The van der Waals surface area contributed by atoms with Crippen LogP contribution in [0.15, 0.2) is 23.2 Å². The number of H-pyrrole nitrogens is 1. The number of nitrogens with zero attached hydrogens (tertiary/aromatic N) is 1. The maximum Gasteiger partial charge on any atom is 0.243 e. The summed E-state index contributed by atoms with van der Waals surface area (Å²) in [5, 5.41) is 44.4. The first-order chi connectivity index (χ1) is 30.8. The first kappa shape index (κ1) is 50.2. The molecule has 1 aromatic heterocycles. The standard InChI is InChI=1S/C42H58N8O14S/c1-5-19(2)36-40(61)45-14-34(57)46-28-18-65(63)41-26(25-7-6-24(64-4)13-27(25)47-41)8-21(38(59)44-15-35(58)48-36)9-31(54)37(20(3)32(55)17-51)49-39(60)29-12-23(52)16-50(29)42(62)22(10-30(28)53)11-33(43)56/h6-7,13,19-23,28-29,32,36-37,47,51-52,55H,5,8-12,14-18H2,1-4H3,(H2,43,56)(H,44,59)(H,45,61)(H,46,57)(H,48,58)(H,49,60)/t19-,20-,21+,22-,23+,28-,29?,32-,36-,37-,65?/m0/s1. The Morgan fingerprint density at radius 1 is 0.923 bits per heavy atom. The van der Waals surface area contributed by atoms with E-state index in [-0.39, 0.29) is 23.4 Å². The van der Waals surface area contributed by atoms with Gasteiger partial charge in [0.05, 0.1) is 79.1 Å². The summed E-state index contributed by atoms with van der Waals surface area (Å²) in [6.07, 6.45) is -5.41. The molecule has 1 aromatic carbocycles. The second-order valence-corrected chi connectivity index (χ2v) is 18.4. The van der Waals surface area contributed by atoms with Gasteiger partial charge in [-0.2, -0.15) is 0 Å². The Bertz CT molecular complexity index is 2220. The van der Waals surface area contributed by atoms with Gasteiger partial charge in [-0.25, -0.2) is 0 Å². The summed E-state index contributed by atoms with van der Waals surface area (Å²) in [4.78, 5) is 129. The number of fused-ring (bicyclic) bond motifs is 5. The normalized spacial score (nSPS) is 28.4. The number of carbonyl (C=O) groups is 9. The van der Waals surface area contributed by atoms with Crippen molar-refractivity contribution in [3.63, 3.8) is 0 Å². The fraction of sp³-hybridized carbons (Fsp3) is 0.595. The number of rotatable bonds is 8. The fourth-order valence-electron chi connectivity index (χ4n) is 8.38. The molecule has 0 saturated carbocycles. The van der Waals surface area contributed by atoms with Crippen LogP contribution in [0, 0.1) is 23.7 Å². The van der Waals surface area contributed by atoms with Crippen molar-refractivity contribution in [2.45, 2.75) is 101 Å². The van der Waals surface area contributed by atoms with Gasteiger partial charge in [0.1, 0.15) is 22.9 Å². The third-order valence-electron chi connectivity index (χ3n) is 12.3. The number of aliphatic hydroxyl groups is 3. The molecule has 2 bridgehead atoms. The number of ketones is 2. The highest BCUT2D eigenvalue weighted by Gasteiger charge is 2.45. The first-order valence-electron chi connectivity index (χ1n) is 21.4. The van der Waals surface area contributed by atoms with Crippen molar-refractivity contribution in [2.75, 3.05) is 39.1 Å². The molecule has 3 aliphatic rings. The first-order valence-corrected chi connectivity index (χ1v) is 22.7. The number of primary amides is 1. The molecule has 356 valence electrons. The molecule has 22 nitrogen and oxygen atoms in total. The third-order valence-corrected chi connectivity index (χ3v) is 13.8. The van der Waals surface area contributed by atoms with Crippen molar-refractivity contribution < 1.29 is 67.4 Å². The Balaban J connectivity index is 1.74. The minimum atomic E-state index is -2.28. The number of ether oxygens (including phenoxy) is 1. The lowest BCUT2D eigenvalue weighted by molar-refractivity contribution is -0.145. The summed E-state index contributed by atoms with van der Waals surface area (Å²) < 4.78 is 20.1.